The summed E-state index contributed by atoms with van der Waals surface area (Å²) in [5, 5.41) is 0. The first-order valence-electron chi connectivity index (χ1n) is 13.1. The van der Waals surface area contributed by atoms with Crippen LogP contribution in [0.3, 0.4) is 0 Å². The highest BCUT2D eigenvalue weighted by atomic mass is 127. The van der Waals surface area contributed by atoms with Gasteiger partial charge in [0.05, 0.1) is 0 Å². The molecule has 0 amide bonds. The SMILES string of the molecule is Ic1cccc(N(c2ccccc2)c2ccc(-c3ccc(N(c4ccccc4)c4cccc(I)c4)cc3)cc2)c1. The molecule has 0 spiro atoms. The Morgan fingerprint density at radius 2 is 0.625 bits per heavy atom. The van der Waals surface area contributed by atoms with Gasteiger partial charge in [-0.15, -0.1) is 0 Å². The van der Waals surface area contributed by atoms with Crippen LogP contribution in [0.2, 0.25) is 0 Å². The third kappa shape index (κ3) is 5.93. The maximum Gasteiger partial charge on any atom is 0.0472 e. The summed E-state index contributed by atoms with van der Waals surface area (Å²) in [6.45, 7) is 0. The maximum atomic E-state index is 2.38. The van der Waals surface area contributed by atoms with Crippen LogP contribution in [0, 0.1) is 7.14 Å². The number of hydrogen-bond acceptors (Lipinski definition) is 2. The molecule has 0 radical (unpaired) electrons. The Balaban J connectivity index is 1.32. The third-order valence-electron chi connectivity index (χ3n) is 6.75. The molecule has 0 bridgehead atoms. The van der Waals surface area contributed by atoms with Crippen molar-refractivity contribution in [2.45, 2.75) is 0 Å². The number of para-hydroxylation sites is 2. The Morgan fingerprint density at radius 3 is 0.975 bits per heavy atom. The van der Waals surface area contributed by atoms with E-state index < -0.39 is 0 Å². The molecule has 0 aliphatic rings. The van der Waals surface area contributed by atoms with Gasteiger partial charge in [-0.3, -0.25) is 0 Å². The number of nitrogens with zero attached hydrogens (tertiary/aromatic N) is 2. The van der Waals surface area contributed by atoms with Crippen LogP contribution in [0.25, 0.3) is 11.1 Å². The molecule has 0 N–H and O–H groups in total. The van der Waals surface area contributed by atoms with Crippen LogP contribution in [0.4, 0.5) is 34.1 Å². The molecule has 6 aromatic rings. The quantitative estimate of drug-likeness (QED) is 0.150. The Hall–Kier alpha value is -3.62. The monoisotopic (exact) mass is 740 g/mol. The lowest BCUT2D eigenvalue weighted by atomic mass is 10.0. The zero-order valence-corrected chi connectivity index (χ0v) is 26.0. The largest absolute Gasteiger partial charge is 0.310 e. The molecule has 0 atom stereocenters. The molecule has 194 valence electrons. The molecule has 40 heavy (non-hydrogen) atoms. The average molecular weight is 740 g/mol. The Bertz CT molecular complexity index is 1570. The summed E-state index contributed by atoms with van der Waals surface area (Å²) < 4.78 is 2.42. The molecule has 0 unspecified atom stereocenters. The van der Waals surface area contributed by atoms with Gasteiger partial charge in [-0.05, 0) is 141 Å². The van der Waals surface area contributed by atoms with Gasteiger partial charge in [-0.2, -0.15) is 0 Å². The molecule has 0 aliphatic carbocycles. The van der Waals surface area contributed by atoms with Gasteiger partial charge in [0.2, 0.25) is 0 Å². The maximum absolute atomic E-state index is 2.38. The number of rotatable bonds is 7. The van der Waals surface area contributed by atoms with E-state index in [0.29, 0.717) is 0 Å². The second-order valence-electron chi connectivity index (χ2n) is 9.40. The molecule has 6 aromatic carbocycles. The summed E-state index contributed by atoms with van der Waals surface area (Å²) in [6.07, 6.45) is 0. The lowest BCUT2D eigenvalue weighted by Crippen LogP contribution is -2.10. The first-order valence-corrected chi connectivity index (χ1v) is 15.2. The first-order chi connectivity index (χ1) is 19.7. The van der Waals surface area contributed by atoms with Crippen molar-refractivity contribution in [1.29, 1.82) is 0 Å². The number of anilines is 6. The summed E-state index contributed by atoms with van der Waals surface area (Å²) in [5.41, 5.74) is 9.19. The molecule has 6 rings (SSSR count). The fourth-order valence-electron chi connectivity index (χ4n) is 4.88. The summed E-state index contributed by atoms with van der Waals surface area (Å²) in [5.74, 6) is 0. The highest BCUT2D eigenvalue weighted by Gasteiger charge is 2.14. The number of benzene rings is 6. The number of halogens is 2. The molecule has 0 aromatic heterocycles. The van der Waals surface area contributed by atoms with Gasteiger partial charge >= 0.3 is 0 Å². The summed E-state index contributed by atoms with van der Waals surface area (Å²) in [6, 6.07) is 55.9. The second kappa shape index (κ2) is 12.3. The van der Waals surface area contributed by atoms with Gasteiger partial charge in [0.15, 0.2) is 0 Å². The van der Waals surface area contributed by atoms with Gasteiger partial charge in [-0.25, -0.2) is 0 Å². The molecule has 2 nitrogen and oxygen atoms in total. The van der Waals surface area contributed by atoms with Crippen LogP contribution in [0.15, 0.2) is 158 Å². The highest BCUT2D eigenvalue weighted by molar-refractivity contribution is 14.1. The van der Waals surface area contributed by atoms with Crippen LogP contribution in [0.5, 0.6) is 0 Å². The predicted octanol–water partition coefficient (Wildman–Crippen LogP) is 11.5. The normalized spacial score (nSPS) is 10.8. The summed E-state index contributed by atoms with van der Waals surface area (Å²) >= 11 is 4.75. The van der Waals surface area contributed by atoms with E-state index in [2.05, 4.69) is 213 Å². The fraction of sp³-hybridized carbons (Fsp3) is 0. The predicted molar refractivity (Wildman–Crippen MR) is 187 cm³/mol. The molecular formula is C36H26I2N2. The average Bonchev–Trinajstić information content (AvgIpc) is 3.00. The van der Waals surface area contributed by atoms with Crippen molar-refractivity contribution in [1.82, 2.24) is 0 Å². The van der Waals surface area contributed by atoms with E-state index >= 15 is 0 Å². The van der Waals surface area contributed by atoms with E-state index in [-0.39, 0.29) is 0 Å². The van der Waals surface area contributed by atoms with E-state index in [9.17, 15) is 0 Å². The summed E-state index contributed by atoms with van der Waals surface area (Å²) in [4.78, 5) is 4.60. The Morgan fingerprint density at radius 1 is 0.300 bits per heavy atom. The van der Waals surface area contributed by atoms with Gasteiger partial charge in [0.25, 0.3) is 0 Å². The molecule has 0 saturated carbocycles. The van der Waals surface area contributed by atoms with Crippen LogP contribution in [-0.4, -0.2) is 0 Å². The van der Waals surface area contributed by atoms with Crippen LogP contribution >= 0.6 is 45.2 Å². The summed E-state index contributed by atoms with van der Waals surface area (Å²) in [7, 11) is 0. The standard InChI is InChI=1S/C36H26I2N2/c37-29-9-7-15-35(25-29)39(31-11-3-1-4-12-31)33-21-17-27(18-22-33)28-19-23-34(24-20-28)40(32-13-5-2-6-14-32)36-16-8-10-30(38)26-36/h1-26H. The van der Waals surface area contributed by atoms with Crippen LogP contribution in [-0.2, 0) is 0 Å². The van der Waals surface area contributed by atoms with Crippen LogP contribution in [0.1, 0.15) is 0 Å². The van der Waals surface area contributed by atoms with Crippen LogP contribution < -0.4 is 9.80 Å². The fourth-order valence-corrected chi connectivity index (χ4v) is 5.94. The second-order valence-corrected chi connectivity index (χ2v) is 11.9. The molecular weight excluding hydrogens is 714 g/mol. The zero-order valence-electron chi connectivity index (χ0n) is 21.7. The van der Waals surface area contributed by atoms with E-state index in [1.54, 1.807) is 0 Å². The smallest absolute Gasteiger partial charge is 0.0472 e. The Labute approximate surface area is 263 Å². The van der Waals surface area contributed by atoms with Crippen molar-refractivity contribution in [3.63, 3.8) is 0 Å². The van der Waals surface area contributed by atoms with Crippen molar-refractivity contribution < 1.29 is 0 Å². The molecule has 0 aliphatic heterocycles. The lowest BCUT2D eigenvalue weighted by molar-refractivity contribution is 1.28. The zero-order chi connectivity index (χ0) is 27.3. The van der Waals surface area contributed by atoms with E-state index in [0.717, 1.165) is 34.1 Å². The van der Waals surface area contributed by atoms with E-state index in [1.807, 2.05) is 0 Å². The van der Waals surface area contributed by atoms with Crippen molar-refractivity contribution in [2.24, 2.45) is 0 Å². The molecule has 0 fully saturated rings. The minimum atomic E-state index is 1.13. The van der Waals surface area contributed by atoms with Crippen molar-refractivity contribution in [3.05, 3.63) is 165 Å². The third-order valence-corrected chi connectivity index (χ3v) is 8.09. The first kappa shape index (κ1) is 26.6. The Kier molecular flexibility index (Phi) is 8.16. The van der Waals surface area contributed by atoms with Crippen molar-refractivity contribution >= 4 is 79.3 Å². The minimum Gasteiger partial charge on any atom is -0.310 e. The highest BCUT2D eigenvalue weighted by Crippen LogP contribution is 2.38. The van der Waals surface area contributed by atoms with Gasteiger partial charge in [-0.1, -0.05) is 72.8 Å². The van der Waals surface area contributed by atoms with Gasteiger partial charge < -0.3 is 9.80 Å². The van der Waals surface area contributed by atoms with Crippen molar-refractivity contribution in [2.75, 3.05) is 9.80 Å². The van der Waals surface area contributed by atoms with Gasteiger partial charge in [0.1, 0.15) is 0 Å². The van der Waals surface area contributed by atoms with Gasteiger partial charge in [0, 0.05) is 41.3 Å². The van der Waals surface area contributed by atoms with E-state index in [4.69, 9.17) is 0 Å². The lowest BCUT2D eigenvalue weighted by Gasteiger charge is -2.26. The minimum absolute atomic E-state index is 1.13. The van der Waals surface area contributed by atoms with E-state index in [1.165, 1.54) is 18.3 Å². The molecule has 0 heterocycles. The molecule has 4 heteroatoms. The molecule has 0 saturated heterocycles. The topological polar surface area (TPSA) is 6.48 Å². The van der Waals surface area contributed by atoms with Crippen molar-refractivity contribution in [3.8, 4) is 11.1 Å². The number of hydrogen-bond donors (Lipinski definition) is 0.